The van der Waals surface area contributed by atoms with Crippen LogP contribution in [0.5, 0.6) is 0 Å². The van der Waals surface area contributed by atoms with Crippen LogP contribution in [0.1, 0.15) is 18.5 Å². The molecule has 0 bridgehead atoms. The Hall–Kier alpha value is -1.13. The molecule has 5 heteroatoms. The number of rotatable bonds is 3. The SMILES string of the molecule is CCOC(=O)C(N)c1c(F)cccc1Cl. The van der Waals surface area contributed by atoms with Crippen molar-refractivity contribution in [3.05, 3.63) is 34.6 Å². The van der Waals surface area contributed by atoms with Crippen LogP contribution in [0.15, 0.2) is 18.2 Å². The molecule has 0 radical (unpaired) electrons. The van der Waals surface area contributed by atoms with Gasteiger partial charge in [-0.1, -0.05) is 17.7 Å². The summed E-state index contributed by atoms with van der Waals surface area (Å²) in [5, 5.41) is 0.121. The lowest BCUT2D eigenvalue weighted by molar-refractivity contribution is -0.144. The van der Waals surface area contributed by atoms with Gasteiger partial charge in [0.1, 0.15) is 11.9 Å². The van der Waals surface area contributed by atoms with Crippen molar-refractivity contribution in [3.63, 3.8) is 0 Å². The molecule has 1 unspecified atom stereocenters. The van der Waals surface area contributed by atoms with Crippen LogP contribution >= 0.6 is 11.6 Å². The maximum absolute atomic E-state index is 13.3. The number of carbonyl (C=O) groups is 1. The van der Waals surface area contributed by atoms with Crippen molar-refractivity contribution in [3.8, 4) is 0 Å². The van der Waals surface area contributed by atoms with Crippen molar-refractivity contribution in [1.82, 2.24) is 0 Å². The smallest absolute Gasteiger partial charge is 0.327 e. The first-order chi connectivity index (χ1) is 7.07. The number of hydrogen-bond donors (Lipinski definition) is 1. The summed E-state index contributed by atoms with van der Waals surface area (Å²) in [4.78, 5) is 11.3. The fraction of sp³-hybridized carbons (Fsp3) is 0.300. The van der Waals surface area contributed by atoms with Gasteiger partial charge in [0.05, 0.1) is 6.61 Å². The average Bonchev–Trinajstić information content (AvgIpc) is 2.17. The molecule has 0 heterocycles. The predicted molar refractivity (Wildman–Crippen MR) is 55.0 cm³/mol. The third-order valence-corrected chi connectivity index (χ3v) is 2.18. The van der Waals surface area contributed by atoms with Gasteiger partial charge in [0.25, 0.3) is 0 Å². The monoisotopic (exact) mass is 231 g/mol. The fourth-order valence-electron chi connectivity index (χ4n) is 1.16. The second-order valence-corrected chi connectivity index (χ2v) is 3.27. The third kappa shape index (κ3) is 2.67. The van der Waals surface area contributed by atoms with Gasteiger partial charge in [-0.15, -0.1) is 0 Å². The van der Waals surface area contributed by atoms with E-state index in [1.165, 1.54) is 18.2 Å². The molecule has 0 aliphatic carbocycles. The van der Waals surface area contributed by atoms with E-state index < -0.39 is 17.8 Å². The summed E-state index contributed by atoms with van der Waals surface area (Å²) >= 11 is 5.74. The van der Waals surface area contributed by atoms with Gasteiger partial charge in [-0.05, 0) is 19.1 Å². The standard InChI is InChI=1S/C10H11ClFNO2/c1-2-15-10(14)9(13)8-6(11)4-3-5-7(8)12/h3-5,9H,2,13H2,1H3. The molecule has 0 saturated heterocycles. The van der Waals surface area contributed by atoms with Gasteiger partial charge < -0.3 is 10.5 Å². The Bertz CT molecular complexity index is 350. The van der Waals surface area contributed by atoms with Gasteiger partial charge in [0.2, 0.25) is 0 Å². The minimum atomic E-state index is -1.18. The maximum Gasteiger partial charge on any atom is 0.327 e. The van der Waals surface area contributed by atoms with Crippen LogP contribution in [0.2, 0.25) is 5.02 Å². The van der Waals surface area contributed by atoms with Crippen molar-refractivity contribution in [2.45, 2.75) is 13.0 Å². The molecule has 0 aromatic heterocycles. The number of nitrogens with two attached hydrogens (primary N) is 1. The number of esters is 1. The first kappa shape index (κ1) is 11.9. The topological polar surface area (TPSA) is 52.3 Å². The predicted octanol–water partition coefficient (Wildman–Crippen LogP) is 2.04. The van der Waals surface area contributed by atoms with Gasteiger partial charge in [0, 0.05) is 10.6 Å². The highest BCUT2D eigenvalue weighted by atomic mass is 35.5. The summed E-state index contributed by atoms with van der Waals surface area (Å²) < 4.78 is 18.0. The zero-order valence-electron chi connectivity index (χ0n) is 8.17. The summed E-state index contributed by atoms with van der Waals surface area (Å²) in [6, 6.07) is 2.93. The Morgan fingerprint density at radius 2 is 2.33 bits per heavy atom. The lowest BCUT2D eigenvalue weighted by atomic mass is 10.1. The van der Waals surface area contributed by atoms with Crippen molar-refractivity contribution in [2.75, 3.05) is 6.61 Å². The number of hydrogen-bond acceptors (Lipinski definition) is 3. The summed E-state index contributed by atoms with van der Waals surface area (Å²) in [7, 11) is 0. The minimum Gasteiger partial charge on any atom is -0.465 e. The molecule has 1 atom stereocenters. The van der Waals surface area contributed by atoms with E-state index in [0.29, 0.717) is 0 Å². The second-order valence-electron chi connectivity index (χ2n) is 2.87. The lowest BCUT2D eigenvalue weighted by Crippen LogP contribution is -2.25. The summed E-state index contributed by atoms with van der Waals surface area (Å²) in [5.74, 6) is -1.30. The highest BCUT2D eigenvalue weighted by molar-refractivity contribution is 6.31. The molecule has 1 aromatic carbocycles. The van der Waals surface area contributed by atoms with Crippen LogP contribution in [-0.2, 0) is 9.53 Å². The van der Waals surface area contributed by atoms with Crippen molar-refractivity contribution < 1.29 is 13.9 Å². The number of halogens is 2. The minimum absolute atomic E-state index is 0.0300. The van der Waals surface area contributed by atoms with Gasteiger partial charge in [-0.25, -0.2) is 9.18 Å². The Morgan fingerprint density at radius 3 is 2.87 bits per heavy atom. The number of benzene rings is 1. The van der Waals surface area contributed by atoms with Gasteiger partial charge in [-0.2, -0.15) is 0 Å². The van der Waals surface area contributed by atoms with E-state index in [1.807, 2.05) is 0 Å². The fourth-order valence-corrected chi connectivity index (χ4v) is 1.44. The van der Waals surface area contributed by atoms with E-state index in [9.17, 15) is 9.18 Å². The Kier molecular flexibility index (Phi) is 4.05. The zero-order chi connectivity index (χ0) is 11.4. The molecule has 0 aliphatic rings. The number of carbonyl (C=O) groups excluding carboxylic acids is 1. The molecular formula is C10H11ClFNO2. The lowest BCUT2D eigenvalue weighted by Gasteiger charge is -2.12. The Morgan fingerprint density at radius 1 is 1.67 bits per heavy atom. The van der Waals surface area contributed by atoms with Gasteiger partial charge in [-0.3, -0.25) is 0 Å². The quantitative estimate of drug-likeness (QED) is 0.810. The average molecular weight is 232 g/mol. The van der Waals surface area contributed by atoms with Gasteiger partial charge in [0.15, 0.2) is 0 Å². The van der Waals surface area contributed by atoms with Crippen molar-refractivity contribution in [2.24, 2.45) is 5.73 Å². The zero-order valence-corrected chi connectivity index (χ0v) is 8.92. The molecule has 0 amide bonds. The largest absolute Gasteiger partial charge is 0.465 e. The van der Waals surface area contributed by atoms with Crippen LogP contribution in [0.25, 0.3) is 0 Å². The summed E-state index contributed by atoms with van der Waals surface area (Å²) in [6.45, 7) is 1.84. The molecular weight excluding hydrogens is 221 g/mol. The van der Waals surface area contributed by atoms with Crippen LogP contribution in [0, 0.1) is 5.82 Å². The van der Waals surface area contributed by atoms with Crippen molar-refractivity contribution >= 4 is 17.6 Å². The molecule has 2 N–H and O–H groups in total. The van der Waals surface area contributed by atoms with Crippen LogP contribution in [0.3, 0.4) is 0 Å². The first-order valence-corrected chi connectivity index (χ1v) is 4.81. The third-order valence-electron chi connectivity index (χ3n) is 1.85. The maximum atomic E-state index is 13.3. The van der Waals surface area contributed by atoms with Crippen LogP contribution in [0.4, 0.5) is 4.39 Å². The second kappa shape index (κ2) is 5.09. The highest BCUT2D eigenvalue weighted by Crippen LogP contribution is 2.25. The molecule has 0 saturated carbocycles. The molecule has 1 aromatic rings. The molecule has 82 valence electrons. The summed E-state index contributed by atoms with van der Waals surface area (Å²) in [5.41, 5.74) is 5.50. The van der Waals surface area contributed by atoms with E-state index in [4.69, 9.17) is 17.3 Å². The van der Waals surface area contributed by atoms with Crippen LogP contribution < -0.4 is 5.73 Å². The Labute approximate surface area is 92.0 Å². The highest BCUT2D eigenvalue weighted by Gasteiger charge is 2.22. The van der Waals surface area contributed by atoms with Crippen molar-refractivity contribution in [1.29, 1.82) is 0 Å². The number of ether oxygens (including phenoxy) is 1. The van der Waals surface area contributed by atoms with E-state index in [0.717, 1.165) is 0 Å². The van der Waals surface area contributed by atoms with E-state index in [1.54, 1.807) is 6.92 Å². The van der Waals surface area contributed by atoms with Crippen LogP contribution in [-0.4, -0.2) is 12.6 Å². The Balaban J connectivity index is 3.00. The molecule has 3 nitrogen and oxygen atoms in total. The van der Waals surface area contributed by atoms with Gasteiger partial charge >= 0.3 is 5.97 Å². The molecule has 15 heavy (non-hydrogen) atoms. The van der Waals surface area contributed by atoms with E-state index in [2.05, 4.69) is 4.74 Å². The molecule has 1 rings (SSSR count). The normalized spacial score (nSPS) is 12.3. The first-order valence-electron chi connectivity index (χ1n) is 4.44. The summed E-state index contributed by atoms with van der Waals surface area (Å²) in [6.07, 6.45) is 0. The molecule has 0 aliphatic heterocycles. The molecule has 0 fully saturated rings. The van der Waals surface area contributed by atoms with E-state index >= 15 is 0 Å². The molecule has 0 spiro atoms. The van der Waals surface area contributed by atoms with E-state index in [-0.39, 0.29) is 17.2 Å².